The van der Waals surface area contributed by atoms with E-state index in [-0.39, 0.29) is 18.3 Å². The lowest BCUT2D eigenvalue weighted by atomic mass is 10.1. The number of carbonyl (C=O) groups excluding carboxylic acids is 1. The van der Waals surface area contributed by atoms with Crippen molar-refractivity contribution in [2.24, 2.45) is 0 Å². The molecule has 0 unspecified atom stereocenters. The Bertz CT molecular complexity index is 170. The standard InChI is InChI=1S/C10H20N2O.ClH/c1-3-10(13)12(4-2)9-6-5-7-11-8-9;/h9,11H,3-8H2,1-2H3;1H/t9-;/m1./s1. The monoisotopic (exact) mass is 220 g/mol. The second-order valence-electron chi connectivity index (χ2n) is 3.53. The van der Waals surface area contributed by atoms with E-state index in [9.17, 15) is 4.79 Å². The summed E-state index contributed by atoms with van der Waals surface area (Å²) in [4.78, 5) is 13.5. The van der Waals surface area contributed by atoms with Crippen molar-refractivity contribution in [1.29, 1.82) is 0 Å². The van der Waals surface area contributed by atoms with Crippen LogP contribution in [0, 0.1) is 0 Å². The highest BCUT2D eigenvalue weighted by Crippen LogP contribution is 2.11. The molecule has 0 aromatic carbocycles. The van der Waals surface area contributed by atoms with E-state index in [0.29, 0.717) is 12.5 Å². The van der Waals surface area contributed by atoms with Crippen LogP contribution in [0.4, 0.5) is 0 Å². The van der Waals surface area contributed by atoms with Crippen molar-refractivity contribution in [1.82, 2.24) is 10.2 Å². The van der Waals surface area contributed by atoms with Crippen LogP contribution in [-0.4, -0.2) is 36.5 Å². The van der Waals surface area contributed by atoms with Crippen LogP contribution < -0.4 is 5.32 Å². The first-order valence-electron chi connectivity index (χ1n) is 5.29. The number of piperidine rings is 1. The maximum absolute atomic E-state index is 11.5. The zero-order chi connectivity index (χ0) is 9.68. The summed E-state index contributed by atoms with van der Waals surface area (Å²) in [5.41, 5.74) is 0. The van der Waals surface area contributed by atoms with E-state index in [2.05, 4.69) is 12.2 Å². The Balaban J connectivity index is 0.00000169. The van der Waals surface area contributed by atoms with E-state index in [1.165, 1.54) is 6.42 Å². The molecule has 1 aliphatic rings. The van der Waals surface area contributed by atoms with Gasteiger partial charge in [0.25, 0.3) is 0 Å². The van der Waals surface area contributed by atoms with Gasteiger partial charge in [0.2, 0.25) is 5.91 Å². The van der Waals surface area contributed by atoms with Crippen molar-refractivity contribution in [3.8, 4) is 0 Å². The molecule has 1 saturated heterocycles. The maximum atomic E-state index is 11.5. The fourth-order valence-corrected chi connectivity index (χ4v) is 1.94. The Labute approximate surface area is 92.6 Å². The molecule has 0 aromatic heterocycles. The van der Waals surface area contributed by atoms with Gasteiger partial charge < -0.3 is 10.2 Å². The molecule has 0 aliphatic carbocycles. The van der Waals surface area contributed by atoms with Crippen LogP contribution in [0.15, 0.2) is 0 Å². The molecular weight excluding hydrogens is 200 g/mol. The van der Waals surface area contributed by atoms with Gasteiger partial charge in [-0.2, -0.15) is 0 Å². The average Bonchev–Trinajstić information content (AvgIpc) is 2.20. The molecule has 1 aliphatic heterocycles. The normalized spacial score (nSPS) is 21.1. The first-order valence-corrected chi connectivity index (χ1v) is 5.29. The number of rotatable bonds is 3. The third-order valence-corrected chi connectivity index (χ3v) is 2.68. The molecule has 0 radical (unpaired) electrons. The summed E-state index contributed by atoms with van der Waals surface area (Å²) in [6.07, 6.45) is 2.98. The first kappa shape index (κ1) is 13.7. The predicted molar refractivity (Wildman–Crippen MR) is 60.8 cm³/mol. The molecule has 14 heavy (non-hydrogen) atoms. The highest BCUT2D eigenvalue weighted by molar-refractivity contribution is 5.85. The van der Waals surface area contributed by atoms with Crippen molar-refractivity contribution >= 4 is 18.3 Å². The highest BCUT2D eigenvalue weighted by Gasteiger charge is 2.22. The topological polar surface area (TPSA) is 32.3 Å². The lowest BCUT2D eigenvalue weighted by Gasteiger charge is -2.33. The zero-order valence-electron chi connectivity index (χ0n) is 9.08. The zero-order valence-corrected chi connectivity index (χ0v) is 9.90. The lowest BCUT2D eigenvalue weighted by Crippen LogP contribution is -2.48. The minimum Gasteiger partial charge on any atom is -0.339 e. The Kier molecular flexibility index (Phi) is 6.93. The number of likely N-dealkylation sites (N-methyl/N-ethyl adjacent to an activating group) is 1. The highest BCUT2D eigenvalue weighted by atomic mass is 35.5. The van der Waals surface area contributed by atoms with Crippen LogP contribution in [-0.2, 0) is 4.79 Å². The number of nitrogens with one attached hydrogen (secondary N) is 1. The van der Waals surface area contributed by atoms with Gasteiger partial charge in [-0.3, -0.25) is 4.79 Å². The summed E-state index contributed by atoms with van der Waals surface area (Å²) in [6.45, 7) is 6.91. The largest absolute Gasteiger partial charge is 0.339 e. The van der Waals surface area contributed by atoms with Crippen LogP contribution in [0.25, 0.3) is 0 Å². The van der Waals surface area contributed by atoms with Gasteiger partial charge in [-0.15, -0.1) is 12.4 Å². The molecule has 1 atom stereocenters. The fourth-order valence-electron chi connectivity index (χ4n) is 1.94. The van der Waals surface area contributed by atoms with Gasteiger partial charge in [0.1, 0.15) is 0 Å². The first-order chi connectivity index (χ1) is 6.29. The third kappa shape index (κ3) is 3.46. The summed E-state index contributed by atoms with van der Waals surface area (Å²) in [5, 5.41) is 3.33. The quantitative estimate of drug-likeness (QED) is 0.781. The second-order valence-corrected chi connectivity index (χ2v) is 3.53. The second kappa shape index (κ2) is 7.07. The Morgan fingerprint density at radius 3 is 2.64 bits per heavy atom. The minimum absolute atomic E-state index is 0. The number of halogens is 1. The van der Waals surface area contributed by atoms with E-state index in [0.717, 1.165) is 26.1 Å². The number of hydrogen-bond donors (Lipinski definition) is 1. The molecule has 1 fully saturated rings. The summed E-state index contributed by atoms with van der Waals surface area (Å²) in [6, 6.07) is 0.436. The predicted octanol–water partition coefficient (Wildman–Crippen LogP) is 1.42. The summed E-state index contributed by atoms with van der Waals surface area (Å²) in [7, 11) is 0. The minimum atomic E-state index is 0. The van der Waals surface area contributed by atoms with Gasteiger partial charge in [0, 0.05) is 25.6 Å². The Morgan fingerprint density at radius 1 is 1.50 bits per heavy atom. The van der Waals surface area contributed by atoms with Crippen LogP contribution >= 0.6 is 12.4 Å². The van der Waals surface area contributed by atoms with Crippen LogP contribution in [0.5, 0.6) is 0 Å². The van der Waals surface area contributed by atoms with E-state index in [1.54, 1.807) is 0 Å². The van der Waals surface area contributed by atoms with E-state index in [4.69, 9.17) is 0 Å². The van der Waals surface area contributed by atoms with Crippen molar-refractivity contribution in [3.05, 3.63) is 0 Å². The molecule has 1 rings (SSSR count). The summed E-state index contributed by atoms with van der Waals surface area (Å²) >= 11 is 0. The number of carbonyl (C=O) groups is 1. The van der Waals surface area contributed by atoms with Crippen molar-refractivity contribution in [2.75, 3.05) is 19.6 Å². The maximum Gasteiger partial charge on any atom is 0.222 e. The number of amides is 1. The molecule has 1 heterocycles. The number of hydrogen-bond acceptors (Lipinski definition) is 2. The molecule has 4 heteroatoms. The molecule has 0 saturated carbocycles. The summed E-state index contributed by atoms with van der Waals surface area (Å²) in [5.74, 6) is 0.288. The molecule has 1 N–H and O–H groups in total. The van der Waals surface area contributed by atoms with E-state index in [1.807, 2.05) is 11.8 Å². The van der Waals surface area contributed by atoms with Crippen LogP contribution in [0.2, 0.25) is 0 Å². The molecule has 0 aromatic rings. The fraction of sp³-hybridized carbons (Fsp3) is 0.900. The van der Waals surface area contributed by atoms with Crippen molar-refractivity contribution in [3.63, 3.8) is 0 Å². The third-order valence-electron chi connectivity index (χ3n) is 2.68. The molecule has 1 amide bonds. The summed E-state index contributed by atoms with van der Waals surface area (Å²) < 4.78 is 0. The van der Waals surface area contributed by atoms with E-state index < -0.39 is 0 Å². The molecule has 0 bridgehead atoms. The molecular formula is C10H21ClN2O. The van der Waals surface area contributed by atoms with Gasteiger partial charge in [-0.25, -0.2) is 0 Å². The molecule has 0 spiro atoms. The SMILES string of the molecule is CCC(=O)N(CC)[C@@H]1CCCNC1.Cl. The van der Waals surface area contributed by atoms with Gasteiger partial charge >= 0.3 is 0 Å². The smallest absolute Gasteiger partial charge is 0.222 e. The Hall–Kier alpha value is -0.280. The van der Waals surface area contributed by atoms with Crippen molar-refractivity contribution in [2.45, 2.75) is 39.2 Å². The van der Waals surface area contributed by atoms with Gasteiger partial charge in [-0.1, -0.05) is 6.92 Å². The Morgan fingerprint density at radius 2 is 2.21 bits per heavy atom. The van der Waals surface area contributed by atoms with Crippen molar-refractivity contribution < 1.29 is 4.79 Å². The van der Waals surface area contributed by atoms with Gasteiger partial charge in [-0.05, 0) is 26.3 Å². The average molecular weight is 221 g/mol. The van der Waals surface area contributed by atoms with Gasteiger partial charge in [0.05, 0.1) is 0 Å². The lowest BCUT2D eigenvalue weighted by molar-refractivity contribution is -0.133. The van der Waals surface area contributed by atoms with E-state index >= 15 is 0 Å². The molecule has 3 nitrogen and oxygen atoms in total. The molecule has 84 valence electrons. The van der Waals surface area contributed by atoms with Crippen LogP contribution in [0.1, 0.15) is 33.1 Å². The van der Waals surface area contributed by atoms with Crippen LogP contribution in [0.3, 0.4) is 0 Å². The number of nitrogens with zero attached hydrogens (tertiary/aromatic N) is 1. The van der Waals surface area contributed by atoms with Gasteiger partial charge in [0.15, 0.2) is 0 Å².